The predicted octanol–water partition coefficient (Wildman–Crippen LogP) is 1.59. The van der Waals surface area contributed by atoms with Crippen molar-refractivity contribution >= 4 is 16.9 Å². The molecule has 2 aromatic heterocycles. The maximum Gasteiger partial charge on any atom is 0.160 e. The van der Waals surface area contributed by atoms with E-state index >= 15 is 0 Å². The van der Waals surface area contributed by atoms with E-state index in [0.29, 0.717) is 0 Å². The van der Waals surface area contributed by atoms with Gasteiger partial charge in [0, 0.05) is 13.1 Å². The molecule has 1 saturated carbocycles. The lowest BCUT2D eigenvalue weighted by Crippen LogP contribution is -2.22. The molecule has 4 rings (SSSR count). The van der Waals surface area contributed by atoms with Gasteiger partial charge >= 0.3 is 0 Å². The lowest BCUT2D eigenvalue weighted by Gasteiger charge is -2.18. The number of rotatable bonds is 1. The minimum absolute atomic E-state index is 0.840. The van der Waals surface area contributed by atoms with E-state index in [4.69, 9.17) is 0 Å². The fraction of sp³-hybridized carbons (Fsp3) is 0.583. The molecular formula is C12H15N5. The number of hydrogen-bond donors (Lipinski definition) is 1. The van der Waals surface area contributed by atoms with Gasteiger partial charge in [0.2, 0.25) is 0 Å². The molecule has 0 amide bonds. The molecule has 0 unspecified atom stereocenters. The van der Waals surface area contributed by atoms with Crippen LogP contribution in [0.15, 0.2) is 12.5 Å². The van der Waals surface area contributed by atoms with Gasteiger partial charge in [0.25, 0.3) is 0 Å². The second-order valence-electron chi connectivity index (χ2n) is 5.19. The summed E-state index contributed by atoms with van der Waals surface area (Å²) in [5.41, 5.74) is 0.840. The molecule has 0 bridgehead atoms. The maximum absolute atomic E-state index is 4.44. The van der Waals surface area contributed by atoms with Gasteiger partial charge in [0.1, 0.15) is 12.1 Å². The Bertz CT molecular complexity index is 537. The third-order valence-corrected chi connectivity index (χ3v) is 4.25. The fourth-order valence-corrected chi connectivity index (χ4v) is 3.41. The van der Waals surface area contributed by atoms with Crippen LogP contribution in [0.4, 0.5) is 5.82 Å². The molecule has 88 valence electrons. The molecule has 3 heterocycles. The van der Waals surface area contributed by atoms with Crippen molar-refractivity contribution in [1.82, 2.24) is 20.2 Å². The Morgan fingerprint density at radius 2 is 2.00 bits per heavy atom. The SMILES string of the molecule is c1nc(N2C[C@H]3CCC[C@H]3C2)c2cn[nH]c2n1. The molecular weight excluding hydrogens is 214 g/mol. The fourth-order valence-electron chi connectivity index (χ4n) is 3.41. The Hall–Kier alpha value is -1.65. The van der Waals surface area contributed by atoms with Crippen LogP contribution < -0.4 is 4.90 Å². The zero-order chi connectivity index (χ0) is 11.2. The lowest BCUT2D eigenvalue weighted by molar-refractivity contribution is 0.494. The monoisotopic (exact) mass is 229 g/mol. The van der Waals surface area contributed by atoms with Gasteiger partial charge in [-0.15, -0.1) is 0 Å². The number of H-pyrrole nitrogens is 1. The summed E-state index contributed by atoms with van der Waals surface area (Å²) in [7, 11) is 0. The minimum atomic E-state index is 0.840. The highest BCUT2D eigenvalue weighted by Gasteiger charge is 2.37. The molecule has 1 aliphatic heterocycles. The standard InChI is InChI=1S/C12H15N5/c1-2-8-5-17(6-9(8)3-1)12-10-4-15-16-11(10)13-7-14-12/h4,7-9H,1-3,5-6H2,(H,13,14,15,16)/t8-,9+. The smallest absolute Gasteiger partial charge is 0.160 e. The molecule has 2 atom stereocenters. The van der Waals surface area contributed by atoms with Gasteiger partial charge in [0.05, 0.1) is 11.6 Å². The quantitative estimate of drug-likeness (QED) is 0.806. The van der Waals surface area contributed by atoms with Gasteiger partial charge < -0.3 is 4.90 Å². The Labute approximate surface area is 99.3 Å². The van der Waals surface area contributed by atoms with Crippen LogP contribution in [0.25, 0.3) is 11.0 Å². The van der Waals surface area contributed by atoms with Gasteiger partial charge in [-0.2, -0.15) is 5.10 Å². The highest BCUT2D eigenvalue weighted by atomic mass is 15.2. The number of anilines is 1. The molecule has 0 spiro atoms. The van der Waals surface area contributed by atoms with Gasteiger partial charge in [-0.1, -0.05) is 6.42 Å². The Kier molecular flexibility index (Phi) is 1.89. The van der Waals surface area contributed by atoms with Crippen molar-refractivity contribution in [1.29, 1.82) is 0 Å². The van der Waals surface area contributed by atoms with Crippen LogP contribution in [0.5, 0.6) is 0 Å². The van der Waals surface area contributed by atoms with Gasteiger partial charge in [-0.05, 0) is 24.7 Å². The zero-order valence-corrected chi connectivity index (χ0v) is 9.63. The second kappa shape index (κ2) is 3.42. The summed E-state index contributed by atoms with van der Waals surface area (Å²) in [6, 6.07) is 0. The van der Waals surface area contributed by atoms with E-state index in [1.54, 1.807) is 6.33 Å². The first-order chi connectivity index (χ1) is 8.42. The average Bonchev–Trinajstić information content (AvgIpc) is 3.02. The van der Waals surface area contributed by atoms with E-state index in [9.17, 15) is 0 Å². The first-order valence-corrected chi connectivity index (χ1v) is 6.31. The van der Waals surface area contributed by atoms with E-state index in [1.165, 1.54) is 19.3 Å². The largest absolute Gasteiger partial charge is 0.355 e. The number of hydrogen-bond acceptors (Lipinski definition) is 4. The maximum atomic E-state index is 4.44. The summed E-state index contributed by atoms with van der Waals surface area (Å²) in [5, 5.41) is 8.01. The van der Waals surface area contributed by atoms with Crippen LogP contribution >= 0.6 is 0 Å². The van der Waals surface area contributed by atoms with Crippen LogP contribution in [0.2, 0.25) is 0 Å². The molecule has 2 aliphatic rings. The van der Waals surface area contributed by atoms with Gasteiger partial charge in [-0.25, -0.2) is 9.97 Å². The van der Waals surface area contributed by atoms with E-state index < -0.39 is 0 Å². The van der Waals surface area contributed by atoms with Crippen molar-refractivity contribution in [3.63, 3.8) is 0 Å². The van der Waals surface area contributed by atoms with Crippen molar-refractivity contribution in [2.45, 2.75) is 19.3 Å². The van der Waals surface area contributed by atoms with E-state index in [0.717, 1.165) is 41.8 Å². The third kappa shape index (κ3) is 1.34. The molecule has 5 nitrogen and oxygen atoms in total. The second-order valence-corrected chi connectivity index (χ2v) is 5.19. The Morgan fingerprint density at radius 1 is 1.18 bits per heavy atom. The van der Waals surface area contributed by atoms with Crippen LogP contribution in [-0.4, -0.2) is 33.3 Å². The lowest BCUT2D eigenvalue weighted by atomic mass is 10.0. The van der Waals surface area contributed by atoms with Crippen molar-refractivity contribution in [2.75, 3.05) is 18.0 Å². The Morgan fingerprint density at radius 3 is 2.82 bits per heavy atom. The van der Waals surface area contributed by atoms with Crippen molar-refractivity contribution in [2.24, 2.45) is 11.8 Å². The molecule has 5 heteroatoms. The topological polar surface area (TPSA) is 57.7 Å². The normalized spacial score (nSPS) is 27.9. The van der Waals surface area contributed by atoms with Crippen LogP contribution in [0.3, 0.4) is 0 Å². The van der Waals surface area contributed by atoms with Crippen LogP contribution in [0, 0.1) is 11.8 Å². The number of aromatic amines is 1. The molecule has 0 aromatic carbocycles. The summed E-state index contributed by atoms with van der Waals surface area (Å²) in [6.45, 7) is 2.31. The van der Waals surface area contributed by atoms with E-state index in [-0.39, 0.29) is 0 Å². The number of nitrogens with zero attached hydrogens (tertiary/aromatic N) is 4. The molecule has 2 fully saturated rings. The van der Waals surface area contributed by atoms with Crippen LogP contribution in [-0.2, 0) is 0 Å². The number of nitrogens with one attached hydrogen (secondary N) is 1. The number of aromatic nitrogens is 4. The first-order valence-electron chi connectivity index (χ1n) is 6.31. The molecule has 2 aromatic rings. The summed E-state index contributed by atoms with van der Waals surface area (Å²) in [5.74, 6) is 2.82. The van der Waals surface area contributed by atoms with E-state index in [2.05, 4.69) is 25.1 Å². The minimum Gasteiger partial charge on any atom is -0.355 e. The average molecular weight is 229 g/mol. The zero-order valence-electron chi connectivity index (χ0n) is 9.63. The summed E-state index contributed by atoms with van der Waals surface area (Å²) in [6.07, 6.45) is 7.65. The number of fused-ring (bicyclic) bond motifs is 2. The van der Waals surface area contributed by atoms with E-state index in [1.807, 2.05) is 6.20 Å². The summed E-state index contributed by atoms with van der Waals surface area (Å²) < 4.78 is 0. The van der Waals surface area contributed by atoms with Crippen molar-refractivity contribution in [3.8, 4) is 0 Å². The third-order valence-electron chi connectivity index (χ3n) is 4.25. The van der Waals surface area contributed by atoms with Crippen molar-refractivity contribution < 1.29 is 0 Å². The molecule has 1 aliphatic carbocycles. The molecule has 1 saturated heterocycles. The predicted molar refractivity (Wildman–Crippen MR) is 64.7 cm³/mol. The Balaban J connectivity index is 1.73. The highest BCUT2D eigenvalue weighted by Crippen LogP contribution is 2.40. The van der Waals surface area contributed by atoms with Gasteiger partial charge in [0.15, 0.2) is 5.65 Å². The first kappa shape index (κ1) is 9.39. The highest BCUT2D eigenvalue weighted by molar-refractivity contribution is 5.86. The molecule has 17 heavy (non-hydrogen) atoms. The molecule has 0 radical (unpaired) electrons. The van der Waals surface area contributed by atoms with Crippen molar-refractivity contribution in [3.05, 3.63) is 12.5 Å². The molecule has 1 N–H and O–H groups in total. The summed E-state index contributed by atoms with van der Waals surface area (Å²) >= 11 is 0. The van der Waals surface area contributed by atoms with Gasteiger partial charge in [-0.3, -0.25) is 5.10 Å². The van der Waals surface area contributed by atoms with Crippen LogP contribution in [0.1, 0.15) is 19.3 Å². The summed E-state index contributed by atoms with van der Waals surface area (Å²) in [4.78, 5) is 11.0.